The molecule has 0 rings (SSSR count). The summed E-state index contributed by atoms with van der Waals surface area (Å²) in [6.07, 6.45) is -1.23. The van der Waals surface area contributed by atoms with Crippen LogP contribution in [0.2, 0.25) is 0 Å². The van der Waals surface area contributed by atoms with Crippen molar-refractivity contribution in [1.29, 1.82) is 0 Å². The molecule has 8 heavy (non-hydrogen) atoms. The molecule has 0 saturated heterocycles. The first-order valence-electron chi connectivity index (χ1n) is 1.55. The van der Waals surface area contributed by atoms with E-state index < -0.39 is 12.1 Å². The number of aliphatic carboxylic acids is 1. The van der Waals surface area contributed by atoms with Gasteiger partial charge in [-0.05, 0) is 6.92 Å². The van der Waals surface area contributed by atoms with E-state index in [1.165, 1.54) is 6.92 Å². The Kier molecular flexibility index (Phi) is 16.1. The summed E-state index contributed by atoms with van der Waals surface area (Å²) in [7, 11) is 0. The average Bonchev–Trinajstić information content (AvgIpc) is 1.36. The van der Waals surface area contributed by atoms with Crippen molar-refractivity contribution in [2.45, 2.75) is 13.0 Å². The second-order valence-corrected chi connectivity index (χ2v) is 1.01. The van der Waals surface area contributed by atoms with E-state index in [4.69, 9.17) is 10.2 Å². The molecule has 1 atom stereocenters. The number of carboxylic acid groups (broad SMARTS) is 1. The molecule has 4 N–H and O–H groups in total. The van der Waals surface area contributed by atoms with Crippen LogP contribution in [0.1, 0.15) is 6.92 Å². The van der Waals surface area contributed by atoms with Crippen LogP contribution in [-0.4, -0.2) is 79.1 Å². The normalized spacial score (nSPS) is 10.2. The Bertz CT molecular complexity index is 62.3. The summed E-state index contributed by atoms with van der Waals surface area (Å²) in [6, 6.07) is 0. The van der Waals surface area contributed by atoms with Crippen LogP contribution < -0.4 is 0 Å². The van der Waals surface area contributed by atoms with Gasteiger partial charge in [0.1, 0.15) is 6.10 Å². The van der Waals surface area contributed by atoms with E-state index in [1.807, 2.05) is 0 Å². The van der Waals surface area contributed by atoms with Crippen molar-refractivity contribution in [3.05, 3.63) is 0 Å². The number of aliphatic hydroxyl groups is 1. The van der Waals surface area contributed by atoms with Crippen LogP contribution >= 0.6 is 0 Å². The number of hydrogen-bond acceptors (Lipinski definition) is 2. The standard InChI is InChI=1S/C3H6O3.K.H2O.H/c1-2(4)3(5)6;;;/h2,4H,1H3,(H,5,6);;1H2;. The van der Waals surface area contributed by atoms with E-state index in [9.17, 15) is 4.79 Å². The molecule has 5 heteroatoms. The molecule has 1 unspecified atom stereocenters. The van der Waals surface area contributed by atoms with Crippen molar-refractivity contribution < 1.29 is 20.5 Å². The van der Waals surface area contributed by atoms with Crippen molar-refractivity contribution in [3.8, 4) is 0 Å². The van der Waals surface area contributed by atoms with E-state index in [1.54, 1.807) is 0 Å². The van der Waals surface area contributed by atoms with Crippen LogP contribution in [-0.2, 0) is 4.79 Å². The summed E-state index contributed by atoms with van der Waals surface area (Å²) in [5.74, 6) is -1.19. The Labute approximate surface area is 89.6 Å². The van der Waals surface area contributed by atoms with Gasteiger partial charge in [-0.3, -0.25) is 0 Å². The van der Waals surface area contributed by atoms with E-state index in [0.29, 0.717) is 0 Å². The third-order valence-corrected chi connectivity index (χ3v) is 0.357. The Morgan fingerprint density at radius 1 is 1.62 bits per heavy atom. The molecule has 0 aliphatic heterocycles. The fourth-order valence-electron chi connectivity index (χ4n) is 0. The summed E-state index contributed by atoms with van der Waals surface area (Å²) in [4.78, 5) is 9.45. The summed E-state index contributed by atoms with van der Waals surface area (Å²) >= 11 is 0. The predicted molar refractivity (Wildman–Crippen MR) is 30.1 cm³/mol. The summed E-state index contributed by atoms with van der Waals surface area (Å²) in [6.45, 7) is 1.20. The Morgan fingerprint density at radius 2 is 1.75 bits per heavy atom. The van der Waals surface area contributed by atoms with Crippen LogP contribution in [0.5, 0.6) is 0 Å². The zero-order valence-corrected chi connectivity index (χ0v) is 3.88. The number of aliphatic hydroxyl groups excluding tert-OH is 1. The Hall–Kier alpha value is 1.03. The zero-order chi connectivity index (χ0) is 5.15. The van der Waals surface area contributed by atoms with Gasteiger partial charge in [-0.1, -0.05) is 0 Å². The third kappa shape index (κ3) is 10.1. The van der Waals surface area contributed by atoms with E-state index in [-0.39, 0.29) is 56.9 Å². The maximum absolute atomic E-state index is 9.45. The van der Waals surface area contributed by atoms with Gasteiger partial charge in [-0.2, -0.15) is 0 Å². The van der Waals surface area contributed by atoms with E-state index in [2.05, 4.69) is 0 Å². The summed E-state index contributed by atoms with van der Waals surface area (Å²) < 4.78 is 0. The van der Waals surface area contributed by atoms with Gasteiger partial charge in [-0.15, -0.1) is 0 Å². The molecule has 4 nitrogen and oxygen atoms in total. The second kappa shape index (κ2) is 8.03. The fourth-order valence-corrected chi connectivity index (χ4v) is 0. The maximum atomic E-state index is 9.45. The minimum atomic E-state index is -1.23. The predicted octanol–water partition coefficient (Wildman–Crippen LogP) is -2.02. The van der Waals surface area contributed by atoms with E-state index in [0.717, 1.165) is 0 Å². The monoisotopic (exact) mass is 148 g/mol. The average molecular weight is 148 g/mol. The molecule has 0 saturated carbocycles. The first-order chi connectivity index (χ1) is 2.64. The van der Waals surface area contributed by atoms with Gasteiger partial charge in [0.25, 0.3) is 0 Å². The Balaban J connectivity index is -0.000000125. The summed E-state index contributed by atoms with van der Waals surface area (Å²) in [5.41, 5.74) is 0. The van der Waals surface area contributed by atoms with Crippen LogP contribution in [0.3, 0.4) is 0 Å². The first kappa shape index (κ1) is 16.0. The zero-order valence-electron chi connectivity index (χ0n) is 3.88. The second-order valence-electron chi connectivity index (χ2n) is 1.01. The van der Waals surface area contributed by atoms with Crippen LogP contribution in [0.15, 0.2) is 0 Å². The van der Waals surface area contributed by atoms with Gasteiger partial charge in [0, 0.05) is 0 Å². The van der Waals surface area contributed by atoms with Gasteiger partial charge in [0.15, 0.2) is 0 Å². The molecule has 46 valence electrons. The SMILES string of the molecule is CC(O)C(=O)O.O.[KH]. The molecule has 0 aromatic carbocycles. The molecule has 0 aliphatic carbocycles. The summed E-state index contributed by atoms with van der Waals surface area (Å²) in [5, 5.41) is 15.8. The van der Waals surface area contributed by atoms with Gasteiger partial charge in [-0.25, -0.2) is 4.79 Å². The third-order valence-electron chi connectivity index (χ3n) is 0.357. The molecule has 0 aliphatic rings. The molecular weight excluding hydrogens is 139 g/mol. The molecular formula is C3H9KO4. The molecule has 0 heterocycles. The van der Waals surface area contributed by atoms with Crippen LogP contribution in [0, 0.1) is 0 Å². The van der Waals surface area contributed by atoms with Crippen LogP contribution in [0.4, 0.5) is 0 Å². The van der Waals surface area contributed by atoms with E-state index >= 15 is 0 Å². The van der Waals surface area contributed by atoms with Gasteiger partial charge >= 0.3 is 57.4 Å². The van der Waals surface area contributed by atoms with Gasteiger partial charge in [0.2, 0.25) is 0 Å². The molecule has 0 bridgehead atoms. The first-order valence-corrected chi connectivity index (χ1v) is 1.55. The van der Waals surface area contributed by atoms with Crippen LogP contribution in [0.25, 0.3) is 0 Å². The van der Waals surface area contributed by atoms with Crippen molar-refractivity contribution in [3.63, 3.8) is 0 Å². The molecule has 0 aromatic heterocycles. The minimum absolute atomic E-state index is 0. The van der Waals surface area contributed by atoms with Crippen molar-refractivity contribution in [2.75, 3.05) is 0 Å². The molecule has 0 radical (unpaired) electrons. The molecule has 0 spiro atoms. The molecule has 0 fully saturated rings. The number of carboxylic acids is 1. The Morgan fingerprint density at radius 3 is 1.75 bits per heavy atom. The van der Waals surface area contributed by atoms with Crippen molar-refractivity contribution in [2.24, 2.45) is 0 Å². The van der Waals surface area contributed by atoms with Crippen molar-refractivity contribution >= 4 is 57.4 Å². The molecule has 0 amide bonds. The molecule has 0 aromatic rings. The fraction of sp³-hybridized carbons (Fsp3) is 0.667. The van der Waals surface area contributed by atoms with Crippen molar-refractivity contribution in [1.82, 2.24) is 0 Å². The quantitative estimate of drug-likeness (QED) is 0.421. The van der Waals surface area contributed by atoms with Gasteiger partial charge in [0.05, 0.1) is 0 Å². The number of hydrogen-bond donors (Lipinski definition) is 2. The number of rotatable bonds is 1. The topological polar surface area (TPSA) is 89.0 Å². The number of carbonyl (C=O) groups is 1. The van der Waals surface area contributed by atoms with Gasteiger partial charge < -0.3 is 15.7 Å².